The number of hydrogen-bond acceptors (Lipinski definition) is 3. The van der Waals surface area contributed by atoms with Gasteiger partial charge in [0, 0.05) is 17.6 Å². The van der Waals surface area contributed by atoms with E-state index in [0.717, 1.165) is 42.0 Å². The van der Waals surface area contributed by atoms with Gasteiger partial charge in [-0.05, 0) is 68.1 Å². The van der Waals surface area contributed by atoms with Crippen LogP contribution in [0.2, 0.25) is 0 Å². The van der Waals surface area contributed by atoms with Crippen LogP contribution in [0.5, 0.6) is 11.5 Å². The molecule has 1 aliphatic carbocycles. The molecule has 2 unspecified atom stereocenters. The van der Waals surface area contributed by atoms with E-state index in [0.29, 0.717) is 0 Å². The molecular weight excluding hydrogens is 288 g/mol. The lowest BCUT2D eigenvalue weighted by atomic mass is 10.1. The van der Waals surface area contributed by atoms with E-state index in [1.54, 1.807) is 0 Å². The van der Waals surface area contributed by atoms with E-state index in [4.69, 9.17) is 10.5 Å². The van der Waals surface area contributed by atoms with Gasteiger partial charge in [0.1, 0.15) is 11.5 Å². The maximum Gasteiger partial charge on any atom is 0.227 e. The van der Waals surface area contributed by atoms with E-state index in [2.05, 4.69) is 5.32 Å². The van der Waals surface area contributed by atoms with Crippen molar-refractivity contribution in [3.05, 3.63) is 54.1 Å². The summed E-state index contributed by atoms with van der Waals surface area (Å²) in [6.07, 6.45) is 2.59. The lowest BCUT2D eigenvalue weighted by molar-refractivity contribution is -0.119. The summed E-state index contributed by atoms with van der Waals surface area (Å²) in [5.74, 6) is 1.65. The lowest BCUT2D eigenvalue weighted by Gasteiger charge is -2.11. The highest BCUT2D eigenvalue weighted by Gasteiger charge is 2.27. The van der Waals surface area contributed by atoms with Crippen LogP contribution in [0, 0.1) is 12.8 Å². The molecule has 23 heavy (non-hydrogen) atoms. The molecule has 1 fully saturated rings. The van der Waals surface area contributed by atoms with Gasteiger partial charge in [-0.1, -0.05) is 12.1 Å². The predicted molar refractivity (Wildman–Crippen MR) is 91.6 cm³/mol. The van der Waals surface area contributed by atoms with Crippen LogP contribution in [-0.2, 0) is 4.79 Å². The molecule has 2 aromatic rings. The molecule has 0 spiro atoms. The smallest absolute Gasteiger partial charge is 0.227 e. The van der Waals surface area contributed by atoms with Gasteiger partial charge in [-0.15, -0.1) is 0 Å². The summed E-state index contributed by atoms with van der Waals surface area (Å²) < 4.78 is 5.80. The molecule has 1 saturated carbocycles. The Kier molecular flexibility index (Phi) is 4.63. The van der Waals surface area contributed by atoms with E-state index in [1.807, 2.05) is 55.5 Å². The summed E-state index contributed by atoms with van der Waals surface area (Å²) in [7, 11) is 0. The van der Waals surface area contributed by atoms with Crippen molar-refractivity contribution in [3.8, 4) is 11.5 Å². The largest absolute Gasteiger partial charge is 0.457 e. The number of carbonyl (C=O) groups is 1. The van der Waals surface area contributed by atoms with Gasteiger partial charge in [-0.2, -0.15) is 0 Å². The van der Waals surface area contributed by atoms with Crippen LogP contribution in [0.3, 0.4) is 0 Å². The number of ether oxygens (including phenoxy) is 1. The highest BCUT2D eigenvalue weighted by atomic mass is 16.5. The minimum absolute atomic E-state index is 0.0354. The van der Waals surface area contributed by atoms with Gasteiger partial charge in [0.2, 0.25) is 5.91 Å². The average molecular weight is 310 g/mol. The molecule has 3 rings (SSSR count). The number of nitrogens with one attached hydrogen (secondary N) is 1. The van der Waals surface area contributed by atoms with Crippen LogP contribution in [0.15, 0.2) is 48.5 Å². The minimum Gasteiger partial charge on any atom is -0.457 e. The molecule has 0 bridgehead atoms. The van der Waals surface area contributed by atoms with E-state index >= 15 is 0 Å². The maximum absolute atomic E-state index is 12.2. The molecule has 0 aliphatic heterocycles. The van der Waals surface area contributed by atoms with Crippen molar-refractivity contribution in [3.63, 3.8) is 0 Å². The van der Waals surface area contributed by atoms with Crippen molar-refractivity contribution in [2.75, 3.05) is 5.32 Å². The lowest BCUT2D eigenvalue weighted by Crippen LogP contribution is -2.23. The maximum atomic E-state index is 12.2. The van der Waals surface area contributed by atoms with Gasteiger partial charge < -0.3 is 15.8 Å². The zero-order chi connectivity index (χ0) is 16.2. The summed E-state index contributed by atoms with van der Waals surface area (Å²) in [6, 6.07) is 15.5. The monoisotopic (exact) mass is 310 g/mol. The summed E-state index contributed by atoms with van der Waals surface area (Å²) in [6.45, 7) is 2.03. The topological polar surface area (TPSA) is 64.3 Å². The Morgan fingerprint density at radius 1 is 1.13 bits per heavy atom. The molecular formula is C19H22N2O2. The quantitative estimate of drug-likeness (QED) is 0.901. The number of benzene rings is 2. The average Bonchev–Trinajstić information content (AvgIpc) is 2.96. The van der Waals surface area contributed by atoms with Gasteiger partial charge in [-0.25, -0.2) is 0 Å². The van der Waals surface area contributed by atoms with E-state index in [-0.39, 0.29) is 17.9 Å². The second-order valence-corrected chi connectivity index (χ2v) is 6.20. The highest BCUT2D eigenvalue weighted by molar-refractivity contribution is 5.92. The second-order valence-electron chi connectivity index (χ2n) is 6.20. The van der Waals surface area contributed by atoms with Gasteiger partial charge in [0.15, 0.2) is 0 Å². The molecule has 0 heterocycles. The standard InChI is InChI=1S/C19H22N2O2/c1-13-3-2-4-18(11-13)23-17-9-7-16(8-10-17)21-19(22)14-5-6-15(20)12-14/h2-4,7-11,14-15H,5-6,12,20H2,1H3,(H,21,22). The Bertz CT molecular complexity index is 682. The Hall–Kier alpha value is -2.33. The van der Waals surface area contributed by atoms with Crippen molar-refractivity contribution >= 4 is 11.6 Å². The normalized spacial score (nSPS) is 20.3. The Balaban J connectivity index is 1.59. The number of anilines is 1. The molecule has 1 amide bonds. The Labute approximate surface area is 136 Å². The fourth-order valence-corrected chi connectivity index (χ4v) is 2.92. The van der Waals surface area contributed by atoms with Crippen LogP contribution in [-0.4, -0.2) is 11.9 Å². The molecule has 0 saturated heterocycles. The van der Waals surface area contributed by atoms with Crippen LogP contribution < -0.4 is 15.8 Å². The van der Waals surface area contributed by atoms with Crippen LogP contribution in [0.25, 0.3) is 0 Å². The zero-order valence-electron chi connectivity index (χ0n) is 13.3. The number of rotatable bonds is 4. The number of aryl methyl sites for hydroxylation is 1. The summed E-state index contributed by atoms with van der Waals surface area (Å²) in [4.78, 5) is 12.2. The van der Waals surface area contributed by atoms with Crippen molar-refractivity contribution in [2.45, 2.75) is 32.2 Å². The van der Waals surface area contributed by atoms with Gasteiger partial charge in [-0.3, -0.25) is 4.79 Å². The van der Waals surface area contributed by atoms with Gasteiger partial charge in [0.25, 0.3) is 0 Å². The fourth-order valence-electron chi connectivity index (χ4n) is 2.92. The third-order valence-corrected chi connectivity index (χ3v) is 4.19. The molecule has 4 heteroatoms. The number of nitrogens with two attached hydrogens (primary N) is 1. The van der Waals surface area contributed by atoms with Crippen LogP contribution >= 0.6 is 0 Å². The Morgan fingerprint density at radius 3 is 2.57 bits per heavy atom. The zero-order valence-corrected chi connectivity index (χ0v) is 13.3. The van der Waals surface area contributed by atoms with Crippen LogP contribution in [0.1, 0.15) is 24.8 Å². The van der Waals surface area contributed by atoms with Gasteiger partial charge >= 0.3 is 0 Å². The first-order chi connectivity index (χ1) is 11.1. The number of hydrogen-bond donors (Lipinski definition) is 2. The van der Waals surface area contributed by atoms with Crippen molar-refractivity contribution in [2.24, 2.45) is 11.7 Å². The third kappa shape index (κ3) is 4.11. The predicted octanol–water partition coefficient (Wildman–Crippen LogP) is 3.85. The number of carbonyl (C=O) groups excluding carboxylic acids is 1. The molecule has 120 valence electrons. The van der Waals surface area contributed by atoms with Gasteiger partial charge in [0.05, 0.1) is 0 Å². The van der Waals surface area contributed by atoms with E-state index in [9.17, 15) is 4.79 Å². The molecule has 2 aromatic carbocycles. The first-order valence-corrected chi connectivity index (χ1v) is 8.01. The second kappa shape index (κ2) is 6.84. The summed E-state index contributed by atoms with van der Waals surface area (Å²) >= 11 is 0. The number of amides is 1. The molecule has 1 aliphatic rings. The molecule has 2 atom stereocenters. The van der Waals surface area contributed by atoms with Crippen molar-refractivity contribution in [1.82, 2.24) is 0 Å². The SMILES string of the molecule is Cc1cccc(Oc2ccc(NC(=O)C3CCC(N)C3)cc2)c1. The first kappa shape index (κ1) is 15.6. The Morgan fingerprint density at radius 2 is 1.91 bits per heavy atom. The third-order valence-electron chi connectivity index (χ3n) is 4.19. The molecule has 0 radical (unpaired) electrons. The molecule has 3 N–H and O–H groups in total. The summed E-state index contributed by atoms with van der Waals surface area (Å²) in [5.41, 5.74) is 7.80. The molecule has 4 nitrogen and oxygen atoms in total. The summed E-state index contributed by atoms with van der Waals surface area (Å²) in [5, 5.41) is 2.95. The van der Waals surface area contributed by atoms with Crippen molar-refractivity contribution < 1.29 is 9.53 Å². The first-order valence-electron chi connectivity index (χ1n) is 8.01. The van der Waals surface area contributed by atoms with Crippen LogP contribution in [0.4, 0.5) is 5.69 Å². The molecule has 0 aromatic heterocycles. The highest BCUT2D eigenvalue weighted by Crippen LogP contribution is 2.27. The van der Waals surface area contributed by atoms with E-state index < -0.39 is 0 Å². The van der Waals surface area contributed by atoms with Crippen molar-refractivity contribution in [1.29, 1.82) is 0 Å². The minimum atomic E-state index is 0.0354. The van der Waals surface area contributed by atoms with E-state index in [1.165, 1.54) is 0 Å². The fraction of sp³-hybridized carbons (Fsp3) is 0.316.